The van der Waals surface area contributed by atoms with Crippen LogP contribution in [0.5, 0.6) is 0 Å². The molecule has 1 aromatic carbocycles. The number of carbonyl (C=O) groups is 2. The highest BCUT2D eigenvalue weighted by Crippen LogP contribution is 2.31. The lowest BCUT2D eigenvalue weighted by Crippen LogP contribution is -2.54. The second-order valence-electron chi connectivity index (χ2n) is 5.55. The highest BCUT2D eigenvalue weighted by Gasteiger charge is 2.41. The van der Waals surface area contributed by atoms with Crippen molar-refractivity contribution in [3.8, 4) is 0 Å². The third-order valence-electron chi connectivity index (χ3n) is 3.95. The van der Waals surface area contributed by atoms with Gasteiger partial charge in [-0.05, 0) is 17.7 Å². The number of likely N-dealkylation sites (N-methyl/N-ethyl adjacent to an activating group) is 1. The largest absolute Gasteiger partial charge is 0.356 e. The number of amides is 2. The van der Waals surface area contributed by atoms with E-state index in [4.69, 9.17) is 16.3 Å². The average Bonchev–Trinajstić information content (AvgIpc) is 2.57. The number of halogens is 1. The van der Waals surface area contributed by atoms with Gasteiger partial charge in [0.1, 0.15) is 6.61 Å². The minimum atomic E-state index is -0.784. The summed E-state index contributed by atoms with van der Waals surface area (Å²) in [6.07, 6.45) is 2.51. The van der Waals surface area contributed by atoms with E-state index in [1.807, 2.05) is 0 Å². The van der Waals surface area contributed by atoms with Crippen LogP contribution in [0.3, 0.4) is 0 Å². The minimum Gasteiger partial charge on any atom is -0.356 e. The Hall–Kier alpha value is -2.11. The Bertz CT molecular complexity index is 620. The van der Waals surface area contributed by atoms with Gasteiger partial charge in [0.25, 0.3) is 5.91 Å². The fraction of sp³-hybridized carbons (Fsp3) is 0.333. The summed E-state index contributed by atoms with van der Waals surface area (Å²) in [4.78, 5) is 28.1. The fourth-order valence-electron chi connectivity index (χ4n) is 2.72. The average molecular weight is 349 g/mol. The molecule has 2 amide bonds. The molecule has 0 radical (unpaired) electrons. The van der Waals surface area contributed by atoms with Gasteiger partial charge in [-0.2, -0.15) is 0 Å². The van der Waals surface area contributed by atoms with Gasteiger partial charge in [-0.1, -0.05) is 35.9 Å². The van der Waals surface area contributed by atoms with Gasteiger partial charge in [-0.25, -0.2) is 0 Å². The molecule has 0 unspecified atom stereocenters. The Labute approximate surface area is 147 Å². The highest BCUT2D eigenvalue weighted by atomic mass is 35.5. The standard InChI is InChI=1S/C18H21ClN2O3/c1-4-10-21(11-5-2)18(23)17-16(20(3)15(22)12-24-17)13-6-8-14(19)9-7-13/h4-9,16-17H,1-2,10-12H2,3H3/t16-,17-/m1/s1. The predicted molar refractivity (Wildman–Crippen MR) is 93.7 cm³/mol. The summed E-state index contributed by atoms with van der Waals surface area (Å²) in [6, 6.07) is 6.56. The molecular formula is C18H21ClN2O3. The van der Waals surface area contributed by atoms with E-state index in [0.717, 1.165) is 5.56 Å². The van der Waals surface area contributed by atoms with Crippen LogP contribution in [0.1, 0.15) is 11.6 Å². The fourth-order valence-corrected chi connectivity index (χ4v) is 2.85. The lowest BCUT2D eigenvalue weighted by molar-refractivity contribution is -0.166. The van der Waals surface area contributed by atoms with Crippen molar-refractivity contribution in [3.63, 3.8) is 0 Å². The van der Waals surface area contributed by atoms with Crippen molar-refractivity contribution in [2.75, 3.05) is 26.7 Å². The van der Waals surface area contributed by atoms with Crippen molar-refractivity contribution in [3.05, 3.63) is 60.2 Å². The van der Waals surface area contributed by atoms with E-state index < -0.39 is 12.1 Å². The molecule has 1 aliphatic heterocycles. The molecule has 128 valence electrons. The van der Waals surface area contributed by atoms with Gasteiger partial charge in [0.05, 0.1) is 6.04 Å². The maximum Gasteiger partial charge on any atom is 0.254 e. The molecule has 0 spiro atoms. The molecule has 2 atom stereocenters. The molecule has 0 bridgehead atoms. The molecule has 5 nitrogen and oxygen atoms in total. The van der Waals surface area contributed by atoms with Crippen molar-refractivity contribution >= 4 is 23.4 Å². The summed E-state index contributed by atoms with van der Waals surface area (Å²) in [6.45, 7) is 8.00. The van der Waals surface area contributed by atoms with Crippen molar-refractivity contribution in [2.45, 2.75) is 12.1 Å². The first kappa shape index (κ1) is 18.2. The van der Waals surface area contributed by atoms with Crippen LogP contribution in [-0.4, -0.2) is 54.5 Å². The Morgan fingerprint density at radius 3 is 2.46 bits per heavy atom. The number of morpholine rings is 1. The summed E-state index contributed by atoms with van der Waals surface area (Å²) in [5, 5.41) is 0.590. The summed E-state index contributed by atoms with van der Waals surface area (Å²) in [5.74, 6) is -0.368. The Kier molecular flexibility index (Phi) is 6.17. The van der Waals surface area contributed by atoms with E-state index in [9.17, 15) is 9.59 Å². The molecule has 1 heterocycles. The second-order valence-corrected chi connectivity index (χ2v) is 5.99. The first-order valence-electron chi connectivity index (χ1n) is 7.63. The van der Waals surface area contributed by atoms with E-state index >= 15 is 0 Å². The lowest BCUT2D eigenvalue weighted by Gasteiger charge is -2.40. The second kappa shape index (κ2) is 8.13. The van der Waals surface area contributed by atoms with E-state index in [1.165, 1.54) is 0 Å². The predicted octanol–water partition coefficient (Wildman–Crippen LogP) is 2.44. The van der Waals surface area contributed by atoms with Gasteiger partial charge in [0.2, 0.25) is 5.91 Å². The van der Waals surface area contributed by atoms with E-state index in [1.54, 1.807) is 53.3 Å². The number of benzene rings is 1. The summed E-state index contributed by atoms with van der Waals surface area (Å²) in [5.41, 5.74) is 0.797. The highest BCUT2D eigenvalue weighted by molar-refractivity contribution is 6.30. The maximum atomic E-state index is 12.9. The van der Waals surface area contributed by atoms with Gasteiger partial charge >= 0.3 is 0 Å². The summed E-state index contributed by atoms with van der Waals surface area (Å²) < 4.78 is 5.61. The molecule has 1 fully saturated rings. The SMILES string of the molecule is C=CCN(CC=C)C(=O)[C@@H]1OCC(=O)N(C)[C@@H]1c1ccc(Cl)cc1. The molecular weight excluding hydrogens is 328 g/mol. The van der Waals surface area contributed by atoms with Gasteiger partial charge in [0.15, 0.2) is 6.10 Å². The van der Waals surface area contributed by atoms with Crippen molar-refractivity contribution in [2.24, 2.45) is 0 Å². The zero-order chi connectivity index (χ0) is 17.7. The number of carbonyl (C=O) groups excluding carboxylic acids is 2. The minimum absolute atomic E-state index is 0.118. The molecule has 1 saturated heterocycles. The molecule has 0 aliphatic carbocycles. The molecule has 2 rings (SSSR count). The van der Waals surface area contributed by atoms with Crippen LogP contribution in [-0.2, 0) is 14.3 Å². The van der Waals surface area contributed by atoms with Gasteiger partial charge < -0.3 is 14.5 Å². The van der Waals surface area contributed by atoms with E-state index in [-0.39, 0.29) is 18.4 Å². The van der Waals surface area contributed by atoms with Crippen LogP contribution >= 0.6 is 11.6 Å². The number of hydrogen-bond acceptors (Lipinski definition) is 3. The normalized spacial score (nSPS) is 20.6. The van der Waals surface area contributed by atoms with Gasteiger partial charge in [-0.3, -0.25) is 9.59 Å². The molecule has 0 saturated carbocycles. The Balaban J connectivity index is 2.35. The van der Waals surface area contributed by atoms with Crippen molar-refractivity contribution < 1.29 is 14.3 Å². The zero-order valence-corrected chi connectivity index (χ0v) is 14.4. The first-order valence-corrected chi connectivity index (χ1v) is 8.00. The van der Waals surface area contributed by atoms with E-state index in [2.05, 4.69) is 13.2 Å². The number of ether oxygens (including phenoxy) is 1. The van der Waals surface area contributed by atoms with Gasteiger partial charge in [-0.15, -0.1) is 13.2 Å². The maximum absolute atomic E-state index is 12.9. The first-order chi connectivity index (χ1) is 11.5. The van der Waals surface area contributed by atoms with Crippen LogP contribution < -0.4 is 0 Å². The topological polar surface area (TPSA) is 49.9 Å². The smallest absolute Gasteiger partial charge is 0.254 e. The van der Waals surface area contributed by atoms with Crippen LogP contribution in [0.2, 0.25) is 5.02 Å². The number of nitrogens with zero attached hydrogens (tertiary/aromatic N) is 2. The summed E-state index contributed by atoms with van der Waals surface area (Å²) >= 11 is 5.94. The summed E-state index contributed by atoms with van der Waals surface area (Å²) in [7, 11) is 1.68. The monoisotopic (exact) mass is 348 g/mol. The third-order valence-corrected chi connectivity index (χ3v) is 4.20. The van der Waals surface area contributed by atoms with Crippen LogP contribution in [0.15, 0.2) is 49.6 Å². The van der Waals surface area contributed by atoms with Gasteiger partial charge in [0, 0.05) is 25.2 Å². The Morgan fingerprint density at radius 1 is 1.33 bits per heavy atom. The molecule has 24 heavy (non-hydrogen) atoms. The van der Waals surface area contributed by atoms with Crippen LogP contribution in [0.25, 0.3) is 0 Å². The lowest BCUT2D eigenvalue weighted by atomic mass is 9.97. The molecule has 6 heteroatoms. The van der Waals surface area contributed by atoms with Crippen molar-refractivity contribution in [1.82, 2.24) is 9.80 Å². The third kappa shape index (κ3) is 3.86. The molecule has 0 N–H and O–H groups in total. The van der Waals surface area contributed by atoms with E-state index in [0.29, 0.717) is 18.1 Å². The Morgan fingerprint density at radius 2 is 1.92 bits per heavy atom. The molecule has 0 aromatic heterocycles. The number of rotatable bonds is 6. The number of hydrogen-bond donors (Lipinski definition) is 0. The zero-order valence-electron chi connectivity index (χ0n) is 13.7. The van der Waals surface area contributed by atoms with Crippen LogP contribution in [0.4, 0.5) is 0 Å². The van der Waals surface area contributed by atoms with Crippen LogP contribution in [0, 0.1) is 0 Å². The molecule has 1 aliphatic rings. The van der Waals surface area contributed by atoms with Crippen molar-refractivity contribution in [1.29, 1.82) is 0 Å². The quantitative estimate of drug-likeness (QED) is 0.742. The molecule has 1 aromatic rings.